The maximum Gasteiger partial charge on any atom is 0.206 e. The van der Waals surface area contributed by atoms with Crippen molar-refractivity contribution in [2.75, 3.05) is 0 Å². The minimum Gasteiger partial charge on any atom is -0.340 e. The van der Waals surface area contributed by atoms with Crippen molar-refractivity contribution < 1.29 is 0 Å². The fourth-order valence-corrected chi connectivity index (χ4v) is 9.94. The van der Waals surface area contributed by atoms with Crippen LogP contribution < -0.4 is 21.3 Å². The summed E-state index contributed by atoms with van der Waals surface area (Å²) in [6.45, 7) is 5.01. The third-order valence-corrected chi connectivity index (χ3v) is 12.2. The van der Waals surface area contributed by atoms with Crippen LogP contribution in [0.2, 0.25) is 12.9 Å². The highest BCUT2D eigenvalue weighted by Gasteiger charge is 2.36. The van der Waals surface area contributed by atoms with Crippen molar-refractivity contribution in [2.45, 2.75) is 38.8 Å². The molecule has 1 aromatic heterocycles. The van der Waals surface area contributed by atoms with Gasteiger partial charge in [-0.1, -0.05) is 169 Å². The van der Waals surface area contributed by atoms with Crippen molar-refractivity contribution in [2.24, 2.45) is 0 Å². The van der Waals surface area contributed by atoms with Gasteiger partial charge in [0.05, 0.1) is 6.33 Å². The molecule has 37 heavy (non-hydrogen) atoms. The van der Waals surface area contributed by atoms with Crippen LogP contribution in [0.25, 0.3) is 0 Å². The first kappa shape index (κ1) is 26.4. The SMILES string of the molecule is CB(c1ccccc1)c1ccccc1.CCCC[Si](Cn1ccnc1)(c1ccccc1)c1ccccc1. The summed E-state index contributed by atoms with van der Waals surface area (Å²) in [6, 6.07) is 44.7. The van der Waals surface area contributed by atoms with Crippen LogP contribution in [0.15, 0.2) is 140 Å². The fourth-order valence-electron chi connectivity index (χ4n) is 5.08. The molecule has 0 aliphatic heterocycles. The summed E-state index contributed by atoms with van der Waals surface area (Å²) < 4.78 is 2.27. The van der Waals surface area contributed by atoms with Crippen LogP contribution in [0, 0.1) is 0 Å². The molecule has 5 rings (SSSR count). The van der Waals surface area contributed by atoms with Crippen molar-refractivity contribution in [1.29, 1.82) is 0 Å². The van der Waals surface area contributed by atoms with Gasteiger partial charge in [0.1, 0.15) is 8.07 Å². The number of nitrogens with zero attached hydrogens (tertiary/aromatic N) is 2. The van der Waals surface area contributed by atoms with Crippen LogP contribution in [0.1, 0.15) is 19.8 Å². The Bertz CT molecular complexity index is 1200. The van der Waals surface area contributed by atoms with Gasteiger partial charge in [0, 0.05) is 18.6 Å². The summed E-state index contributed by atoms with van der Waals surface area (Å²) >= 11 is 0. The monoisotopic (exact) mass is 500 g/mol. The van der Waals surface area contributed by atoms with Crippen molar-refractivity contribution in [3.8, 4) is 0 Å². The summed E-state index contributed by atoms with van der Waals surface area (Å²) in [5.74, 6) is 0. The van der Waals surface area contributed by atoms with Gasteiger partial charge in [0.2, 0.25) is 6.71 Å². The molecule has 0 saturated carbocycles. The molecule has 5 aromatic rings. The zero-order valence-corrected chi connectivity index (χ0v) is 23.1. The van der Waals surface area contributed by atoms with E-state index in [0.717, 1.165) is 6.17 Å². The average molecular weight is 501 g/mol. The van der Waals surface area contributed by atoms with Gasteiger partial charge < -0.3 is 4.57 Å². The Kier molecular flexibility index (Phi) is 9.73. The lowest BCUT2D eigenvalue weighted by Gasteiger charge is -2.33. The van der Waals surface area contributed by atoms with Gasteiger partial charge in [-0.25, -0.2) is 4.98 Å². The second-order valence-corrected chi connectivity index (χ2v) is 13.8. The molecule has 186 valence electrons. The van der Waals surface area contributed by atoms with Gasteiger partial charge in [-0.15, -0.1) is 0 Å². The molecule has 0 unspecified atom stereocenters. The molecule has 0 radical (unpaired) electrons. The van der Waals surface area contributed by atoms with Gasteiger partial charge in [0.25, 0.3) is 0 Å². The number of hydrogen-bond acceptors (Lipinski definition) is 1. The molecule has 4 aromatic carbocycles. The first-order valence-electron chi connectivity index (χ1n) is 13.4. The van der Waals surface area contributed by atoms with E-state index in [1.165, 1.54) is 40.2 Å². The van der Waals surface area contributed by atoms with Crippen LogP contribution in [-0.4, -0.2) is 24.3 Å². The highest BCUT2D eigenvalue weighted by molar-refractivity contribution is 7.01. The third-order valence-electron chi connectivity index (χ3n) is 7.22. The molecule has 0 amide bonds. The quantitative estimate of drug-likeness (QED) is 0.248. The number of unbranched alkanes of at least 4 members (excludes halogenated alkanes) is 1. The molecule has 0 saturated heterocycles. The largest absolute Gasteiger partial charge is 0.340 e. The minimum absolute atomic E-state index is 0.484. The van der Waals surface area contributed by atoms with E-state index >= 15 is 0 Å². The summed E-state index contributed by atoms with van der Waals surface area (Å²) in [5.41, 5.74) is 2.75. The number of hydrogen-bond donors (Lipinski definition) is 0. The highest BCUT2D eigenvalue weighted by atomic mass is 28.3. The Labute approximate surface area is 224 Å². The van der Waals surface area contributed by atoms with E-state index in [9.17, 15) is 0 Å². The summed E-state index contributed by atoms with van der Waals surface area (Å²) in [5, 5.41) is 3.04. The zero-order chi connectivity index (χ0) is 25.8. The molecular formula is C33H37BN2Si. The highest BCUT2D eigenvalue weighted by Crippen LogP contribution is 2.18. The Hall–Kier alpha value is -3.63. The lowest BCUT2D eigenvalue weighted by atomic mass is 9.43. The number of aromatic nitrogens is 2. The summed E-state index contributed by atoms with van der Waals surface area (Å²) in [7, 11) is -1.85. The number of rotatable bonds is 9. The van der Waals surface area contributed by atoms with Crippen LogP contribution in [-0.2, 0) is 6.17 Å². The van der Waals surface area contributed by atoms with Crippen molar-refractivity contribution >= 4 is 36.1 Å². The molecular weight excluding hydrogens is 463 g/mol. The standard InChI is InChI=1S/C20H24N2Si.C13H13B/c1-2-3-16-23(18-22-15-14-21-17-22,19-10-6-4-7-11-19)20-12-8-5-9-13-20;1-14(12-8-4-2-5-9-12)13-10-6-3-7-11-13/h4-15,17H,2-3,16,18H2,1H3;2-11H,1H3. The lowest BCUT2D eigenvalue weighted by Crippen LogP contribution is -2.61. The van der Waals surface area contributed by atoms with E-state index < -0.39 is 8.07 Å². The van der Waals surface area contributed by atoms with Gasteiger partial charge in [-0.3, -0.25) is 0 Å². The van der Waals surface area contributed by atoms with E-state index in [1.54, 1.807) is 0 Å². The van der Waals surface area contributed by atoms with Gasteiger partial charge in [0.15, 0.2) is 0 Å². The van der Waals surface area contributed by atoms with Crippen molar-refractivity contribution in [1.82, 2.24) is 9.55 Å². The normalized spacial score (nSPS) is 10.9. The molecule has 0 bridgehead atoms. The zero-order valence-electron chi connectivity index (χ0n) is 22.1. The molecule has 0 spiro atoms. The second kappa shape index (κ2) is 13.6. The molecule has 0 N–H and O–H groups in total. The Morgan fingerprint density at radius 3 is 1.54 bits per heavy atom. The molecule has 0 aliphatic carbocycles. The van der Waals surface area contributed by atoms with Crippen molar-refractivity contribution in [3.05, 3.63) is 140 Å². The Morgan fingerprint density at radius 1 is 0.676 bits per heavy atom. The summed E-state index contributed by atoms with van der Waals surface area (Å²) in [4.78, 5) is 4.26. The van der Waals surface area contributed by atoms with Crippen LogP contribution in [0.3, 0.4) is 0 Å². The predicted octanol–water partition coefficient (Wildman–Crippen LogP) is 5.41. The third kappa shape index (κ3) is 6.99. The minimum atomic E-state index is -1.85. The van der Waals surface area contributed by atoms with E-state index in [-0.39, 0.29) is 0 Å². The second-order valence-electron chi connectivity index (χ2n) is 9.70. The smallest absolute Gasteiger partial charge is 0.206 e. The first-order chi connectivity index (χ1) is 18.2. The van der Waals surface area contributed by atoms with Gasteiger partial charge in [-0.05, 0) is 6.04 Å². The Balaban J connectivity index is 0.000000195. The van der Waals surface area contributed by atoms with E-state index in [4.69, 9.17) is 0 Å². The predicted molar refractivity (Wildman–Crippen MR) is 164 cm³/mol. The number of imidazole rings is 1. The molecule has 0 atom stereocenters. The maximum absolute atomic E-state index is 4.26. The summed E-state index contributed by atoms with van der Waals surface area (Å²) in [6.07, 6.45) is 9.50. The van der Waals surface area contributed by atoms with E-state index in [2.05, 4.69) is 151 Å². The van der Waals surface area contributed by atoms with Gasteiger partial charge in [-0.2, -0.15) is 0 Å². The molecule has 1 heterocycles. The van der Waals surface area contributed by atoms with Crippen LogP contribution >= 0.6 is 0 Å². The molecule has 4 heteroatoms. The number of benzene rings is 4. The average Bonchev–Trinajstić information content (AvgIpc) is 3.50. The van der Waals surface area contributed by atoms with Gasteiger partial charge >= 0.3 is 0 Å². The molecule has 0 aliphatic rings. The first-order valence-corrected chi connectivity index (χ1v) is 15.8. The van der Waals surface area contributed by atoms with E-state index in [1.807, 2.05) is 12.5 Å². The lowest BCUT2D eigenvalue weighted by molar-refractivity contribution is 0.818. The van der Waals surface area contributed by atoms with Crippen LogP contribution in [0.5, 0.6) is 0 Å². The van der Waals surface area contributed by atoms with Crippen LogP contribution in [0.4, 0.5) is 0 Å². The maximum atomic E-state index is 4.26. The molecule has 2 nitrogen and oxygen atoms in total. The van der Waals surface area contributed by atoms with Crippen molar-refractivity contribution in [3.63, 3.8) is 0 Å². The van der Waals surface area contributed by atoms with E-state index in [0.29, 0.717) is 6.71 Å². The fraction of sp³-hybridized carbons (Fsp3) is 0.182. The molecule has 0 fully saturated rings. The Morgan fingerprint density at radius 2 is 1.14 bits per heavy atom. The topological polar surface area (TPSA) is 17.8 Å².